The van der Waals surface area contributed by atoms with Crippen molar-refractivity contribution < 1.29 is 4.42 Å². The van der Waals surface area contributed by atoms with Crippen LogP contribution in [0.4, 0.5) is 0 Å². The minimum absolute atomic E-state index is 0.531. The van der Waals surface area contributed by atoms with Gasteiger partial charge in [-0.3, -0.25) is 0 Å². The minimum atomic E-state index is 0.531. The third kappa shape index (κ3) is 4.51. The molecule has 0 unspecified atom stereocenters. The Morgan fingerprint density at radius 1 is 0.468 bits per heavy atom. The number of fused-ring (bicyclic) bond motifs is 6. The van der Waals surface area contributed by atoms with Crippen molar-refractivity contribution in [3.8, 4) is 51.4 Å². The summed E-state index contributed by atoms with van der Waals surface area (Å²) in [7, 11) is 0. The lowest BCUT2D eigenvalue weighted by molar-refractivity contribution is 0.673. The van der Waals surface area contributed by atoms with Gasteiger partial charge in [-0.25, -0.2) is 15.0 Å². The molecule has 0 spiro atoms. The fourth-order valence-corrected chi connectivity index (χ4v) is 6.47. The lowest BCUT2D eigenvalue weighted by Gasteiger charge is -2.11. The maximum atomic E-state index is 9.38. The summed E-state index contributed by atoms with van der Waals surface area (Å²) in [4.78, 5) is 15.1. The van der Waals surface area contributed by atoms with Crippen LogP contribution in [0, 0.1) is 11.3 Å². The lowest BCUT2D eigenvalue weighted by atomic mass is 9.95. The van der Waals surface area contributed by atoms with Crippen molar-refractivity contribution >= 4 is 43.5 Å². The van der Waals surface area contributed by atoms with Crippen molar-refractivity contribution in [3.63, 3.8) is 0 Å². The van der Waals surface area contributed by atoms with Gasteiger partial charge in [0.15, 0.2) is 17.5 Å². The molecule has 0 amide bonds. The van der Waals surface area contributed by atoms with E-state index in [4.69, 9.17) is 19.4 Å². The van der Waals surface area contributed by atoms with Gasteiger partial charge in [-0.1, -0.05) is 103 Å². The van der Waals surface area contributed by atoms with E-state index >= 15 is 0 Å². The molecule has 7 aromatic carbocycles. The fraction of sp³-hybridized carbons (Fsp3) is 0. The van der Waals surface area contributed by atoms with E-state index < -0.39 is 0 Å². The molecule has 9 rings (SSSR count). The number of furan rings is 1. The van der Waals surface area contributed by atoms with Gasteiger partial charge in [-0.2, -0.15) is 5.26 Å². The molecule has 5 nitrogen and oxygen atoms in total. The maximum Gasteiger partial charge on any atom is 0.164 e. The Bertz CT molecular complexity index is 2680. The van der Waals surface area contributed by atoms with Crippen LogP contribution in [0.5, 0.6) is 0 Å². The van der Waals surface area contributed by atoms with Crippen LogP contribution in [-0.4, -0.2) is 15.0 Å². The molecule has 5 heteroatoms. The summed E-state index contributed by atoms with van der Waals surface area (Å²) in [5.41, 5.74) is 6.99. The highest BCUT2D eigenvalue weighted by atomic mass is 16.3. The summed E-state index contributed by atoms with van der Waals surface area (Å²) in [6.45, 7) is 0. The van der Waals surface area contributed by atoms with Gasteiger partial charge in [0.1, 0.15) is 11.2 Å². The van der Waals surface area contributed by atoms with Gasteiger partial charge in [0, 0.05) is 32.8 Å². The average Bonchev–Trinajstić information content (AvgIpc) is 3.54. The van der Waals surface area contributed by atoms with Gasteiger partial charge in [0.25, 0.3) is 0 Å². The number of nitriles is 1. The van der Waals surface area contributed by atoms with Crippen LogP contribution in [-0.2, 0) is 0 Å². The van der Waals surface area contributed by atoms with Crippen LogP contribution in [0.1, 0.15) is 5.56 Å². The predicted octanol–water partition coefficient (Wildman–Crippen LogP) is 10.6. The van der Waals surface area contributed by atoms with Crippen molar-refractivity contribution in [2.75, 3.05) is 0 Å². The average molecular weight is 601 g/mol. The van der Waals surface area contributed by atoms with Crippen molar-refractivity contribution in [2.24, 2.45) is 0 Å². The first kappa shape index (κ1) is 26.7. The molecule has 0 bridgehead atoms. The van der Waals surface area contributed by atoms with E-state index in [0.29, 0.717) is 23.0 Å². The van der Waals surface area contributed by atoms with Gasteiger partial charge in [0.2, 0.25) is 0 Å². The normalized spacial score (nSPS) is 11.4. The zero-order chi connectivity index (χ0) is 31.3. The van der Waals surface area contributed by atoms with Gasteiger partial charge in [-0.05, 0) is 69.8 Å². The zero-order valence-electron chi connectivity index (χ0n) is 25.1. The SMILES string of the molecule is N#Cc1ccc(-c2nc(-c3ccccc3)nc(-c3cc4ccccc4c4oc5ccc(-c6cccc7ccccc67)cc5c34)n2)cc1. The molecule has 2 aromatic heterocycles. The Labute approximate surface area is 270 Å². The highest BCUT2D eigenvalue weighted by Crippen LogP contribution is 2.42. The predicted molar refractivity (Wildman–Crippen MR) is 189 cm³/mol. The standard InChI is InChI=1S/C42H24N4O/c43-25-26-17-19-29(20-18-26)41-44-40(28-10-2-1-3-11-28)45-42(46-41)36-24-30-12-5-7-15-34(30)39-38(36)35-23-31(21-22-37(35)47-39)33-16-8-13-27-9-4-6-14-32(27)33/h1-24H. The Balaban J connectivity index is 1.35. The van der Waals surface area contributed by atoms with Gasteiger partial charge < -0.3 is 4.42 Å². The molecule has 0 saturated heterocycles. The number of benzene rings is 7. The highest BCUT2D eigenvalue weighted by Gasteiger charge is 2.21. The van der Waals surface area contributed by atoms with Crippen LogP contribution >= 0.6 is 0 Å². The van der Waals surface area contributed by atoms with Crippen LogP contribution in [0.3, 0.4) is 0 Å². The molecular weight excluding hydrogens is 576 g/mol. The van der Waals surface area contributed by atoms with Crippen molar-refractivity contribution in [3.05, 3.63) is 151 Å². The van der Waals surface area contributed by atoms with Crippen molar-refractivity contribution in [1.82, 2.24) is 15.0 Å². The molecule has 0 atom stereocenters. The first-order valence-electron chi connectivity index (χ1n) is 15.4. The van der Waals surface area contributed by atoms with Crippen molar-refractivity contribution in [1.29, 1.82) is 5.26 Å². The quantitative estimate of drug-likeness (QED) is 0.201. The molecule has 0 radical (unpaired) electrons. The van der Waals surface area contributed by atoms with Crippen molar-refractivity contribution in [2.45, 2.75) is 0 Å². The Morgan fingerprint density at radius 2 is 1.11 bits per heavy atom. The molecule has 0 aliphatic rings. The summed E-state index contributed by atoms with van der Waals surface area (Å²) in [5, 5.41) is 15.8. The summed E-state index contributed by atoms with van der Waals surface area (Å²) in [6, 6.07) is 51.2. The number of aromatic nitrogens is 3. The molecule has 0 aliphatic carbocycles. The summed E-state index contributed by atoms with van der Waals surface area (Å²) >= 11 is 0. The first-order chi connectivity index (χ1) is 23.2. The van der Waals surface area contributed by atoms with E-state index in [1.807, 2.05) is 54.6 Å². The summed E-state index contributed by atoms with van der Waals surface area (Å²) in [5.74, 6) is 1.65. The number of hydrogen-bond donors (Lipinski definition) is 0. The highest BCUT2D eigenvalue weighted by molar-refractivity contribution is 6.21. The molecule has 0 aliphatic heterocycles. The van der Waals surface area contributed by atoms with Gasteiger partial charge in [0.05, 0.1) is 11.6 Å². The Kier molecular flexibility index (Phi) is 6.12. The second-order valence-electron chi connectivity index (χ2n) is 11.6. The number of nitrogens with zero attached hydrogens (tertiary/aromatic N) is 4. The minimum Gasteiger partial charge on any atom is -0.455 e. The lowest BCUT2D eigenvalue weighted by Crippen LogP contribution is -2.00. The van der Waals surface area contributed by atoms with Crippen LogP contribution in [0.25, 0.3) is 88.8 Å². The zero-order valence-corrected chi connectivity index (χ0v) is 25.1. The molecule has 218 valence electrons. The van der Waals surface area contributed by atoms with Gasteiger partial charge in [-0.15, -0.1) is 0 Å². The van der Waals surface area contributed by atoms with E-state index in [1.54, 1.807) is 12.1 Å². The van der Waals surface area contributed by atoms with E-state index in [1.165, 1.54) is 10.8 Å². The van der Waals surface area contributed by atoms with Crippen LogP contribution in [0.15, 0.2) is 150 Å². The topological polar surface area (TPSA) is 75.6 Å². The molecule has 0 fully saturated rings. The maximum absolute atomic E-state index is 9.38. The second kappa shape index (κ2) is 10.8. The third-order valence-electron chi connectivity index (χ3n) is 8.74. The molecular formula is C42H24N4O. The molecule has 2 heterocycles. The molecule has 0 saturated carbocycles. The van der Waals surface area contributed by atoms with E-state index in [9.17, 15) is 5.26 Å². The number of rotatable bonds is 4. The number of hydrogen-bond acceptors (Lipinski definition) is 5. The van der Waals surface area contributed by atoms with E-state index in [-0.39, 0.29) is 0 Å². The van der Waals surface area contributed by atoms with Crippen LogP contribution < -0.4 is 0 Å². The Hall–Kier alpha value is -6.64. The third-order valence-corrected chi connectivity index (χ3v) is 8.74. The second-order valence-corrected chi connectivity index (χ2v) is 11.6. The monoisotopic (exact) mass is 600 g/mol. The summed E-state index contributed by atoms with van der Waals surface area (Å²) < 4.78 is 6.66. The smallest absolute Gasteiger partial charge is 0.164 e. The van der Waals surface area contributed by atoms with E-state index in [0.717, 1.165) is 60.5 Å². The van der Waals surface area contributed by atoms with Crippen LogP contribution in [0.2, 0.25) is 0 Å². The first-order valence-corrected chi connectivity index (χ1v) is 15.4. The fourth-order valence-electron chi connectivity index (χ4n) is 6.47. The molecule has 9 aromatic rings. The van der Waals surface area contributed by atoms with Gasteiger partial charge >= 0.3 is 0 Å². The van der Waals surface area contributed by atoms with E-state index in [2.05, 4.69) is 84.9 Å². The molecule has 0 N–H and O–H groups in total. The largest absolute Gasteiger partial charge is 0.455 e. The molecule has 47 heavy (non-hydrogen) atoms. The Morgan fingerprint density at radius 3 is 1.89 bits per heavy atom. The summed E-state index contributed by atoms with van der Waals surface area (Å²) in [6.07, 6.45) is 0.